The molecule has 3 heteroatoms. The molecular weight excluding hydrogens is 114 g/mol. The normalized spacial score (nSPS) is 9.44. The SMILES string of the molecule is Cc1cnc(N)cc1N. The fourth-order valence-corrected chi connectivity index (χ4v) is 0.556. The Hall–Kier alpha value is -1.25. The Morgan fingerprint density at radius 3 is 2.56 bits per heavy atom. The van der Waals surface area contributed by atoms with Crippen LogP contribution >= 0.6 is 0 Å². The first-order chi connectivity index (χ1) is 4.20. The van der Waals surface area contributed by atoms with Crippen LogP contribution in [0.1, 0.15) is 5.56 Å². The fraction of sp³-hybridized carbons (Fsp3) is 0.167. The topological polar surface area (TPSA) is 64.9 Å². The van der Waals surface area contributed by atoms with Gasteiger partial charge in [-0.2, -0.15) is 0 Å². The standard InChI is InChI=1S/C6H9N3/c1-4-3-9-6(8)2-5(4)7/h2-3H,1H3,(H4,7,8,9). The molecule has 0 atom stereocenters. The average molecular weight is 123 g/mol. The molecule has 0 radical (unpaired) electrons. The third kappa shape index (κ3) is 1.10. The van der Waals surface area contributed by atoms with Crippen molar-refractivity contribution in [1.82, 2.24) is 4.98 Å². The van der Waals surface area contributed by atoms with Crippen molar-refractivity contribution in [2.45, 2.75) is 6.92 Å². The molecule has 4 N–H and O–H groups in total. The van der Waals surface area contributed by atoms with Gasteiger partial charge in [0.1, 0.15) is 5.82 Å². The zero-order valence-electron chi connectivity index (χ0n) is 5.26. The van der Waals surface area contributed by atoms with Crippen LogP contribution in [-0.2, 0) is 0 Å². The lowest BCUT2D eigenvalue weighted by molar-refractivity contribution is 1.28. The average Bonchev–Trinajstić information content (AvgIpc) is 1.80. The van der Waals surface area contributed by atoms with Crippen molar-refractivity contribution >= 4 is 11.5 Å². The molecule has 0 amide bonds. The molecule has 0 aliphatic heterocycles. The Labute approximate surface area is 53.7 Å². The van der Waals surface area contributed by atoms with E-state index in [1.807, 2.05) is 6.92 Å². The van der Waals surface area contributed by atoms with Crippen LogP contribution < -0.4 is 11.5 Å². The Balaban J connectivity index is 3.17. The predicted molar refractivity (Wildman–Crippen MR) is 37.8 cm³/mol. The summed E-state index contributed by atoms with van der Waals surface area (Å²) in [4.78, 5) is 3.84. The maximum atomic E-state index is 5.50. The summed E-state index contributed by atoms with van der Waals surface area (Å²) >= 11 is 0. The lowest BCUT2D eigenvalue weighted by Gasteiger charge is -1.97. The van der Waals surface area contributed by atoms with E-state index in [-0.39, 0.29) is 0 Å². The first-order valence-corrected chi connectivity index (χ1v) is 2.68. The Morgan fingerprint density at radius 1 is 1.44 bits per heavy atom. The third-order valence-corrected chi connectivity index (χ3v) is 1.17. The quantitative estimate of drug-likeness (QED) is 0.529. The van der Waals surface area contributed by atoms with Gasteiger partial charge in [0.2, 0.25) is 0 Å². The smallest absolute Gasteiger partial charge is 0.125 e. The zero-order chi connectivity index (χ0) is 6.85. The molecule has 0 fully saturated rings. The minimum atomic E-state index is 0.470. The van der Waals surface area contributed by atoms with Gasteiger partial charge in [0, 0.05) is 18.0 Å². The van der Waals surface area contributed by atoms with Crippen molar-refractivity contribution in [3.63, 3.8) is 0 Å². The Kier molecular flexibility index (Phi) is 1.26. The minimum Gasteiger partial charge on any atom is -0.398 e. The number of pyridine rings is 1. The van der Waals surface area contributed by atoms with Gasteiger partial charge in [-0.05, 0) is 12.5 Å². The van der Waals surface area contributed by atoms with Crippen LogP contribution in [0.2, 0.25) is 0 Å². The number of hydrogen-bond acceptors (Lipinski definition) is 3. The number of nitrogens with zero attached hydrogens (tertiary/aromatic N) is 1. The van der Waals surface area contributed by atoms with Crippen LogP contribution in [0, 0.1) is 6.92 Å². The summed E-state index contributed by atoms with van der Waals surface area (Å²) in [5, 5.41) is 0. The van der Waals surface area contributed by atoms with E-state index in [2.05, 4.69) is 4.98 Å². The van der Waals surface area contributed by atoms with E-state index < -0.39 is 0 Å². The molecular formula is C6H9N3. The Bertz CT molecular complexity index is 220. The summed E-state index contributed by atoms with van der Waals surface area (Å²) in [6, 6.07) is 1.65. The molecule has 0 aliphatic rings. The maximum absolute atomic E-state index is 5.50. The molecule has 0 aliphatic carbocycles. The zero-order valence-corrected chi connectivity index (χ0v) is 5.26. The van der Waals surface area contributed by atoms with E-state index in [1.165, 1.54) is 0 Å². The number of aromatic nitrogens is 1. The lowest BCUT2D eigenvalue weighted by atomic mass is 10.3. The van der Waals surface area contributed by atoms with E-state index in [1.54, 1.807) is 12.3 Å². The molecule has 1 heterocycles. The molecule has 9 heavy (non-hydrogen) atoms. The second kappa shape index (κ2) is 1.93. The van der Waals surface area contributed by atoms with Crippen molar-refractivity contribution in [2.75, 3.05) is 11.5 Å². The fourth-order valence-electron chi connectivity index (χ4n) is 0.556. The molecule has 48 valence electrons. The molecule has 3 nitrogen and oxygen atoms in total. The molecule has 0 bridgehead atoms. The van der Waals surface area contributed by atoms with Crippen molar-refractivity contribution in [1.29, 1.82) is 0 Å². The first kappa shape index (κ1) is 5.88. The number of nitrogens with two attached hydrogens (primary N) is 2. The van der Waals surface area contributed by atoms with Crippen LogP contribution in [0.5, 0.6) is 0 Å². The summed E-state index contributed by atoms with van der Waals surface area (Å²) < 4.78 is 0. The number of nitrogen functional groups attached to an aromatic ring is 2. The molecule has 0 saturated carbocycles. The van der Waals surface area contributed by atoms with Gasteiger partial charge >= 0.3 is 0 Å². The molecule has 0 saturated heterocycles. The summed E-state index contributed by atoms with van der Waals surface area (Å²) in [6.45, 7) is 1.89. The van der Waals surface area contributed by atoms with E-state index in [0.29, 0.717) is 11.5 Å². The highest BCUT2D eigenvalue weighted by atomic mass is 14.8. The van der Waals surface area contributed by atoms with Crippen LogP contribution in [0.25, 0.3) is 0 Å². The summed E-state index contributed by atoms with van der Waals surface area (Å²) in [6.07, 6.45) is 1.66. The van der Waals surface area contributed by atoms with Gasteiger partial charge in [0.15, 0.2) is 0 Å². The summed E-state index contributed by atoms with van der Waals surface area (Å²) in [5.74, 6) is 0.470. The molecule has 1 aromatic heterocycles. The van der Waals surface area contributed by atoms with Crippen LogP contribution in [0.4, 0.5) is 11.5 Å². The van der Waals surface area contributed by atoms with Gasteiger partial charge in [0.05, 0.1) is 0 Å². The predicted octanol–water partition coefficient (Wildman–Crippen LogP) is 0.554. The third-order valence-electron chi connectivity index (χ3n) is 1.17. The van der Waals surface area contributed by atoms with Gasteiger partial charge < -0.3 is 11.5 Å². The monoisotopic (exact) mass is 123 g/mol. The molecule has 1 rings (SSSR count). The van der Waals surface area contributed by atoms with Gasteiger partial charge in [-0.15, -0.1) is 0 Å². The van der Waals surface area contributed by atoms with Crippen LogP contribution in [0.3, 0.4) is 0 Å². The highest BCUT2D eigenvalue weighted by molar-refractivity contribution is 5.51. The molecule has 0 unspecified atom stereocenters. The van der Waals surface area contributed by atoms with Gasteiger partial charge in [-0.1, -0.05) is 0 Å². The van der Waals surface area contributed by atoms with E-state index >= 15 is 0 Å². The highest BCUT2D eigenvalue weighted by Gasteiger charge is 1.91. The van der Waals surface area contributed by atoms with Gasteiger partial charge in [-0.3, -0.25) is 0 Å². The number of anilines is 2. The molecule has 0 aromatic carbocycles. The van der Waals surface area contributed by atoms with E-state index in [9.17, 15) is 0 Å². The second-order valence-electron chi connectivity index (χ2n) is 1.97. The number of rotatable bonds is 0. The minimum absolute atomic E-state index is 0.470. The van der Waals surface area contributed by atoms with Crippen molar-refractivity contribution in [2.24, 2.45) is 0 Å². The van der Waals surface area contributed by atoms with E-state index in [4.69, 9.17) is 11.5 Å². The van der Waals surface area contributed by atoms with Crippen LogP contribution in [-0.4, -0.2) is 4.98 Å². The second-order valence-corrected chi connectivity index (χ2v) is 1.97. The largest absolute Gasteiger partial charge is 0.398 e. The number of aryl methyl sites for hydroxylation is 1. The summed E-state index contributed by atoms with van der Waals surface area (Å²) in [7, 11) is 0. The lowest BCUT2D eigenvalue weighted by Crippen LogP contribution is -1.94. The van der Waals surface area contributed by atoms with Crippen molar-refractivity contribution in [3.8, 4) is 0 Å². The maximum Gasteiger partial charge on any atom is 0.125 e. The first-order valence-electron chi connectivity index (χ1n) is 2.68. The van der Waals surface area contributed by atoms with Gasteiger partial charge in [-0.25, -0.2) is 4.98 Å². The molecule has 0 spiro atoms. The number of hydrogen-bond donors (Lipinski definition) is 2. The Morgan fingerprint density at radius 2 is 2.11 bits per heavy atom. The highest BCUT2D eigenvalue weighted by Crippen LogP contribution is 2.09. The van der Waals surface area contributed by atoms with E-state index in [0.717, 1.165) is 5.56 Å². The summed E-state index contributed by atoms with van der Waals surface area (Å²) in [5.41, 5.74) is 12.5. The van der Waals surface area contributed by atoms with Crippen LogP contribution in [0.15, 0.2) is 12.3 Å². The molecule has 1 aromatic rings. The van der Waals surface area contributed by atoms with Gasteiger partial charge in [0.25, 0.3) is 0 Å². The van der Waals surface area contributed by atoms with Crippen molar-refractivity contribution < 1.29 is 0 Å². The van der Waals surface area contributed by atoms with Crippen molar-refractivity contribution in [3.05, 3.63) is 17.8 Å².